The van der Waals surface area contributed by atoms with E-state index in [2.05, 4.69) is 40.5 Å². The van der Waals surface area contributed by atoms with Gasteiger partial charge in [0.15, 0.2) is 5.96 Å². The van der Waals surface area contributed by atoms with Gasteiger partial charge < -0.3 is 15.4 Å². The smallest absolute Gasteiger partial charge is 0.191 e. The third kappa shape index (κ3) is 6.89. The van der Waals surface area contributed by atoms with Crippen LogP contribution in [0.1, 0.15) is 23.6 Å². The van der Waals surface area contributed by atoms with Crippen molar-refractivity contribution in [3.63, 3.8) is 0 Å². The molecule has 0 aliphatic rings. The number of aromatic nitrogens is 1. The number of methoxy groups -OCH3 is 1. The van der Waals surface area contributed by atoms with Gasteiger partial charge in [-0.2, -0.15) is 0 Å². The molecule has 0 spiro atoms. The summed E-state index contributed by atoms with van der Waals surface area (Å²) in [6.45, 7) is 6.37. The Morgan fingerprint density at radius 2 is 1.96 bits per heavy atom. The Labute approximate surface area is 167 Å². The average molecular weight is 454 g/mol. The largest absolute Gasteiger partial charge is 0.496 e. The summed E-state index contributed by atoms with van der Waals surface area (Å²) in [5.74, 6) is 1.68. The van der Waals surface area contributed by atoms with Gasteiger partial charge in [0.2, 0.25) is 0 Å². The Balaban J connectivity index is 0.00000312. The maximum absolute atomic E-state index is 5.37. The molecule has 25 heavy (non-hydrogen) atoms. The van der Waals surface area contributed by atoms with Gasteiger partial charge in [-0.1, -0.05) is 18.2 Å². The Morgan fingerprint density at radius 1 is 1.16 bits per heavy atom. The number of aliphatic imine (C=N–C) groups is 1. The van der Waals surface area contributed by atoms with Gasteiger partial charge in [0.25, 0.3) is 0 Å². The molecule has 5 nitrogen and oxygen atoms in total. The lowest BCUT2D eigenvalue weighted by Gasteiger charge is -2.12. The number of nitrogens with one attached hydrogen (secondary N) is 2. The first-order valence-corrected chi connectivity index (χ1v) is 8.28. The minimum Gasteiger partial charge on any atom is -0.496 e. The zero-order valence-corrected chi connectivity index (χ0v) is 17.4. The maximum Gasteiger partial charge on any atom is 0.191 e. The molecule has 136 valence electrons. The van der Waals surface area contributed by atoms with Gasteiger partial charge in [0, 0.05) is 31.0 Å². The highest BCUT2D eigenvalue weighted by Gasteiger charge is 2.03. The molecule has 2 aromatic rings. The number of hydrogen-bond donors (Lipinski definition) is 2. The first kappa shape index (κ1) is 21.2. The van der Waals surface area contributed by atoms with Crippen molar-refractivity contribution in [3.05, 3.63) is 59.4 Å². The summed E-state index contributed by atoms with van der Waals surface area (Å²) in [6.07, 6.45) is 4.67. The van der Waals surface area contributed by atoms with E-state index in [1.54, 1.807) is 7.11 Å². The summed E-state index contributed by atoms with van der Waals surface area (Å²) in [6, 6.07) is 10.0. The number of pyridine rings is 1. The molecule has 0 saturated heterocycles. The van der Waals surface area contributed by atoms with E-state index in [1.807, 2.05) is 36.7 Å². The lowest BCUT2D eigenvalue weighted by atomic mass is 10.1. The highest BCUT2D eigenvalue weighted by molar-refractivity contribution is 14.0. The fourth-order valence-corrected chi connectivity index (χ4v) is 2.44. The second-order valence-corrected chi connectivity index (χ2v) is 5.49. The molecule has 2 N–H and O–H groups in total. The van der Waals surface area contributed by atoms with Crippen LogP contribution in [0.4, 0.5) is 0 Å². The average Bonchev–Trinajstić information content (AvgIpc) is 2.61. The summed E-state index contributed by atoms with van der Waals surface area (Å²) >= 11 is 0. The molecule has 1 aromatic carbocycles. The molecule has 2 rings (SSSR count). The minimum atomic E-state index is 0. The maximum atomic E-state index is 5.37. The van der Waals surface area contributed by atoms with E-state index in [1.165, 1.54) is 11.1 Å². The standard InChI is InChI=1S/C19H26N4O.HI/c1-4-21-19(22-12-10-16-9-11-20-13-15(16)2)23-14-17-7-5-6-8-18(17)24-3;/h5-9,11,13H,4,10,12,14H2,1-3H3,(H2,21,22,23);1H. The van der Waals surface area contributed by atoms with Gasteiger partial charge >= 0.3 is 0 Å². The lowest BCUT2D eigenvalue weighted by molar-refractivity contribution is 0.410. The van der Waals surface area contributed by atoms with Gasteiger partial charge in [-0.15, -0.1) is 24.0 Å². The molecule has 1 heterocycles. The first-order chi connectivity index (χ1) is 11.7. The van der Waals surface area contributed by atoms with Crippen molar-refractivity contribution >= 4 is 29.9 Å². The van der Waals surface area contributed by atoms with Crippen molar-refractivity contribution in [1.82, 2.24) is 15.6 Å². The minimum absolute atomic E-state index is 0. The van der Waals surface area contributed by atoms with Crippen LogP contribution in [-0.2, 0) is 13.0 Å². The second-order valence-electron chi connectivity index (χ2n) is 5.49. The van der Waals surface area contributed by atoms with Crippen molar-refractivity contribution in [2.45, 2.75) is 26.8 Å². The number of aryl methyl sites for hydroxylation is 1. The number of para-hydroxylation sites is 1. The molecule has 0 amide bonds. The van der Waals surface area contributed by atoms with E-state index < -0.39 is 0 Å². The molecule has 0 bridgehead atoms. The molecule has 0 saturated carbocycles. The fourth-order valence-electron chi connectivity index (χ4n) is 2.44. The molecule has 0 atom stereocenters. The zero-order valence-electron chi connectivity index (χ0n) is 15.1. The quantitative estimate of drug-likeness (QED) is 0.383. The number of ether oxygens (including phenoxy) is 1. The predicted octanol–water partition coefficient (Wildman–Crippen LogP) is 3.31. The van der Waals surface area contributed by atoms with Crippen LogP contribution >= 0.6 is 24.0 Å². The topological polar surface area (TPSA) is 58.5 Å². The molecule has 6 heteroatoms. The van der Waals surface area contributed by atoms with Crippen molar-refractivity contribution in [1.29, 1.82) is 0 Å². The first-order valence-electron chi connectivity index (χ1n) is 8.28. The number of halogens is 1. The molecule has 0 radical (unpaired) electrons. The van der Waals surface area contributed by atoms with Gasteiger partial charge in [0.1, 0.15) is 5.75 Å². The van der Waals surface area contributed by atoms with Crippen molar-refractivity contribution in [2.24, 2.45) is 4.99 Å². The van der Waals surface area contributed by atoms with E-state index in [9.17, 15) is 0 Å². The Bertz CT molecular complexity index is 676. The number of guanidine groups is 1. The Hall–Kier alpha value is -1.83. The second kappa shape index (κ2) is 11.7. The van der Waals surface area contributed by atoms with E-state index in [0.29, 0.717) is 6.54 Å². The van der Waals surface area contributed by atoms with Gasteiger partial charge in [-0.3, -0.25) is 4.98 Å². The highest BCUT2D eigenvalue weighted by atomic mass is 127. The molecule has 0 aliphatic carbocycles. The van der Waals surface area contributed by atoms with Crippen LogP contribution in [0.2, 0.25) is 0 Å². The van der Waals surface area contributed by atoms with Crippen molar-refractivity contribution in [2.75, 3.05) is 20.2 Å². The zero-order chi connectivity index (χ0) is 17.2. The summed E-state index contributed by atoms with van der Waals surface area (Å²) in [4.78, 5) is 8.78. The highest BCUT2D eigenvalue weighted by Crippen LogP contribution is 2.17. The van der Waals surface area contributed by atoms with Gasteiger partial charge in [0.05, 0.1) is 13.7 Å². The van der Waals surface area contributed by atoms with E-state index in [-0.39, 0.29) is 24.0 Å². The van der Waals surface area contributed by atoms with Gasteiger partial charge in [-0.25, -0.2) is 4.99 Å². The molecule has 0 aliphatic heterocycles. The van der Waals surface area contributed by atoms with E-state index in [4.69, 9.17) is 4.74 Å². The fraction of sp³-hybridized carbons (Fsp3) is 0.368. The third-order valence-electron chi connectivity index (χ3n) is 3.77. The van der Waals surface area contributed by atoms with Crippen LogP contribution in [0.3, 0.4) is 0 Å². The SMILES string of the molecule is CCNC(=NCc1ccccc1OC)NCCc1ccncc1C.I. The Morgan fingerprint density at radius 3 is 2.68 bits per heavy atom. The summed E-state index contributed by atoms with van der Waals surface area (Å²) in [5, 5.41) is 6.66. The van der Waals surface area contributed by atoms with Crippen LogP contribution in [0, 0.1) is 6.92 Å². The number of nitrogens with zero attached hydrogens (tertiary/aromatic N) is 2. The third-order valence-corrected chi connectivity index (χ3v) is 3.77. The summed E-state index contributed by atoms with van der Waals surface area (Å²) < 4.78 is 5.37. The lowest BCUT2D eigenvalue weighted by Crippen LogP contribution is -2.38. The van der Waals surface area contributed by atoms with Crippen molar-refractivity contribution in [3.8, 4) is 5.75 Å². The number of rotatable bonds is 7. The van der Waals surface area contributed by atoms with Crippen LogP contribution in [-0.4, -0.2) is 31.1 Å². The summed E-state index contributed by atoms with van der Waals surface area (Å²) in [5.41, 5.74) is 3.59. The molecule has 0 unspecified atom stereocenters. The monoisotopic (exact) mass is 454 g/mol. The summed E-state index contributed by atoms with van der Waals surface area (Å²) in [7, 11) is 1.68. The Kier molecular flexibility index (Phi) is 9.91. The van der Waals surface area contributed by atoms with Crippen LogP contribution in [0.25, 0.3) is 0 Å². The number of benzene rings is 1. The molecule has 1 aromatic heterocycles. The van der Waals surface area contributed by atoms with E-state index in [0.717, 1.165) is 36.8 Å². The normalized spacial score (nSPS) is 10.8. The van der Waals surface area contributed by atoms with E-state index >= 15 is 0 Å². The van der Waals surface area contributed by atoms with Crippen molar-refractivity contribution < 1.29 is 4.74 Å². The van der Waals surface area contributed by atoms with Crippen LogP contribution in [0.15, 0.2) is 47.7 Å². The molecule has 0 fully saturated rings. The number of hydrogen-bond acceptors (Lipinski definition) is 3. The van der Waals surface area contributed by atoms with Crippen LogP contribution in [0.5, 0.6) is 5.75 Å². The molecular formula is C19H27IN4O. The van der Waals surface area contributed by atoms with Crippen LogP contribution < -0.4 is 15.4 Å². The molecular weight excluding hydrogens is 427 g/mol. The predicted molar refractivity (Wildman–Crippen MR) is 114 cm³/mol. The van der Waals surface area contributed by atoms with Gasteiger partial charge in [-0.05, 0) is 43.5 Å².